The molecule has 1 aliphatic heterocycles. The van der Waals surface area contributed by atoms with Crippen LogP contribution in [-0.2, 0) is 6.42 Å². The summed E-state index contributed by atoms with van der Waals surface area (Å²) in [5, 5.41) is 10.0. The molecule has 1 aliphatic carbocycles. The van der Waals surface area contributed by atoms with Crippen LogP contribution in [-0.4, -0.2) is 62.1 Å². The van der Waals surface area contributed by atoms with Gasteiger partial charge < -0.3 is 25.6 Å². The van der Waals surface area contributed by atoms with E-state index in [-0.39, 0.29) is 17.8 Å². The van der Waals surface area contributed by atoms with Gasteiger partial charge in [0.25, 0.3) is 5.91 Å². The first-order chi connectivity index (χ1) is 19.6. The Labute approximate surface area is 245 Å². The van der Waals surface area contributed by atoms with Gasteiger partial charge in [0.05, 0.1) is 13.2 Å². The lowest BCUT2D eigenvalue weighted by atomic mass is 9.69. The van der Waals surface area contributed by atoms with Crippen molar-refractivity contribution in [3.8, 4) is 5.75 Å². The maximum Gasteiger partial charge on any atom is 0.251 e. The molecule has 0 bridgehead atoms. The first kappa shape index (κ1) is 30.8. The molecule has 0 aromatic heterocycles. The van der Waals surface area contributed by atoms with Gasteiger partial charge in [-0.1, -0.05) is 33.8 Å². The monoisotopic (exact) mass is 565 g/mol. The number of ether oxygens (including phenoxy) is 1. The van der Waals surface area contributed by atoms with Gasteiger partial charge in [-0.3, -0.25) is 4.79 Å². The van der Waals surface area contributed by atoms with Gasteiger partial charge in [-0.05, 0) is 85.8 Å². The predicted molar refractivity (Wildman–Crippen MR) is 165 cm³/mol. The summed E-state index contributed by atoms with van der Waals surface area (Å²) in [5.41, 5.74) is 2.01. The van der Waals surface area contributed by atoms with Crippen molar-refractivity contribution in [2.45, 2.75) is 66.0 Å². The highest BCUT2D eigenvalue weighted by Crippen LogP contribution is 2.39. The molecule has 7 nitrogen and oxygen atoms in total. The zero-order valence-corrected chi connectivity index (χ0v) is 25.5. The second-order valence-electron chi connectivity index (χ2n) is 12.3. The molecule has 41 heavy (non-hydrogen) atoms. The van der Waals surface area contributed by atoms with E-state index >= 15 is 0 Å². The van der Waals surface area contributed by atoms with Crippen LogP contribution in [0, 0.1) is 29.5 Å². The first-order valence-corrected chi connectivity index (χ1v) is 15.2. The summed E-state index contributed by atoms with van der Waals surface area (Å²) in [5.74, 6) is 3.41. The number of halogens is 1. The van der Waals surface area contributed by atoms with Gasteiger partial charge in [0.1, 0.15) is 11.6 Å². The van der Waals surface area contributed by atoms with Gasteiger partial charge in [-0.25, -0.2) is 9.38 Å². The lowest BCUT2D eigenvalue weighted by Gasteiger charge is -2.40. The van der Waals surface area contributed by atoms with Crippen LogP contribution >= 0.6 is 0 Å². The third-order valence-corrected chi connectivity index (χ3v) is 8.97. The Morgan fingerprint density at radius 1 is 1.15 bits per heavy atom. The number of nitrogens with one attached hydrogen (secondary N) is 3. The quantitative estimate of drug-likeness (QED) is 0.288. The van der Waals surface area contributed by atoms with Crippen molar-refractivity contribution >= 4 is 17.6 Å². The van der Waals surface area contributed by atoms with Crippen molar-refractivity contribution in [3.05, 3.63) is 59.4 Å². The molecule has 0 unspecified atom stereocenters. The first-order valence-electron chi connectivity index (χ1n) is 15.2. The summed E-state index contributed by atoms with van der Waals surface area (Å²) in [6, 6.07) is 13.0. The Morgan fingerprint density at radius 3 is 2.56 bits per heavy atom. The Balaban J connectivity index is 1.42. The van der Waals surface area contributed by atoms with Crippen molar-refractivity contribution in [1.29, 1.82) is 0 Å². The highest BCUT2D eigenvalue weighted by atomic mass is 19.1. The van der Waals surface area contributed by atoms with E-state index in [1.165, 1.54) is 19.6 Å². The Hall–Kier alpha value is -3.13. The Bertz CT molecular complexity index is 1180. The molecule has 2 fully saturated rings. The molecule has 2 aliphatic rings. The minimum absolute atomic E-state index is 0.181. The van der Waals surface area contributed by atoms with E-state index in [1.807, 2.05) is 24.3 Å². The number of methoxy groups -OCH3 is 1. The fourth-order valence-electron chi connectivity index (χ4n) is 5.99. The molecule has 5 atom stereocenters. The van der Waals surface area contributed by atoms with Gasteiger partial charge in [-0.15, -0.1) is 0 Å². The average Bonchev–Trinajstić information content (AvgIpc) is 2.95. The van der Waals surface area contributed by atoms with Crippen molar-refractivity contribution in [1.82, 2.24) is 15.5 Å². The van der Waals surface area contributed by atoms with Crippen molar-refractivity contribution in [2.75, 3.05) is 38.6 Å². The molecule has 3 N–H and O–H groups in total. The molecule has 4 rings (SSSR count). The maximum atomic E-state index is 14.2. The zero-order valence-electron chi connectivity index (χ0n) is 25.5. The molecule has 1 saturated heterocycles. The topological polar surface area (TPSA) is 78.0 Å². The number of piperazine rings is 1. The number of nitrogens with zero attached hydrogens (tertiary/aromatic N) is 2. The lowest BCUT2D eigenvalue weighted by Crippen LogP contribution is -2.53. The van der Waals surface area contributed by atoms with Crippen molar-refractivity contribution in [3.63, 3.8) is 0 Å². The van der Waals surface area contributed by atoms with Gasteiger partial charge in [-0.2, -0.15) is 0 Å². The third-order valence-electron chi connectivity index (χ3n) is 8.97. The number of carbonyl (C=O) groups excluding carboxylic acids is 1. The SMILES string of the molecule is COc1ccc(CCNC(=O)c2ccc(NC(=N[C@@H]3C[C@H](C(C)C)C[C@H](C)[C@@H]3C)N3CCN[C@@H](C)C3)cc2)c(F)c1. The number of rotatable bonds is 8. The Morgan fingerprint density at radius 2 is 1.90 bits per heavy atom. The Kier molecular flexibility index (Phi) is 10.6. The second kappa shape index (κ2) is 14.2. The molecule has 8 heteroatoms. The van der Waals surface area contributed by atoms with Crippen molar-refractivity contribution in [2.24, 2.45) is 28.7 Å². The summed E-state index contributed by atoms with van der Waals surface area (Å²) < 4.78 is 19.3. The van der Waals surface area contributed by atoms with Crippen LogP contribution in [0.4, 0.5) is 10.1 Å². The number of hydrogen-bond donors (Lipinski definition) is 3. The molecule has 1 heterocycles. The van der Waals surface area contributed by atoms with E-state index < -0.39 is 0 Å². The normalized spacial score (nSPS) is 25.2. The summed E-state index contributed by atoms with van der Waals surface area (Å²) in [6.45, 7) is 14.7. The molecule has 2 aromatic rings. The smallest absolute Gasteiger partial charge is 0.251 e. The summed E-state index contributed by atoms with van der Waals surface area (Å²) in [4.78, 5) is 20.5. The molecular weight excluding hydrogens is 517 g/mol. The van der Waals surface area contributed by atoms with Gasteiger partial charge >= 0.3 is 0 Å². The average molecular weight is 566 g/mol. The number of benzene rings is 2. The van der Waals surface area contributed by atoms with Crippen LogP contribution in [0.1, 0.15) is 63.4 Å². The molecular formula is C33H48FN5O2. The minimum atomic E-state index is -0.331. The van der Waals surface area contributed by atoms with Crippen LogP contribution in [0.5, 0.6) is 5.75 Å². The van der Waals surface area contributed by atoms with Gasteiger partial charge in [0.2, 0.25) is 0 Å². The number of aliphatic imine (C=N–C) groups is 1. The fourth-order valence-corrected chi connectivity index (χ4v) is 5.99. The van der Waals surface area contributed by atoms with E-state index in [2.05, 4.69) is 55.5 Å². The van der Waals surface area contributed by atoms with E-state index in [9.17, 15) is 9.18 Å². The van der Waals surface area contributed by atoms with Crippen LogP contribution < -0.4 is 20.7 Å². The summed E-state index contributed by atoms with van der Waals surface area (Å²) in [6.07, 6.45) is 2.80. The van der Waals surface area contributed by atoms with Gasteiger partial charge in [0, 0.05) is 49.5 Å². The number of amides is 1. The predicted octanol–water partition coefficient (Wildman–Crippen LogP) is 5.58. The van der Waals surface area contributed by atoms with E-state index in [1.54, 1.807) is 12.1 Å². The second-order valence-corrected chi connectivity index (χ2v) is 12.3. The van der Waals surface area contributed by atoms with Crippen LogP contribution in [0.3, 0.4) is 0 Å². The van der Waals surface area contributed by atoms with Crippen LogP contribution in [0.2, 0.25) is 0 Å². The standard InChI is InChI=1S/C33H48FN5O2/c1-21(2)27-17-22(3)24(5)31(18-27)38-33(39-16-15-35-23(4)20-39)37-28-10-7-26(8-11-28)32(40)36-14-13-25-9-12-29(41-6)19-30(25)34/h7-12,19,21-24,27,31,35H,13-18,20H2,1-6H3,(H,36,40)(H,37,38)/t22-,23-,24-,27+,31+/m0/s1. The summed E-state index contributed by atoms with van der Waals surface area (Å²) >= 11 is 0. The van der Waals surface area contributed by atoms with Crippen LogP contribution in [0.15, 0.2) is 47.5 Å². The molecule has 1 saturated carbocycles. The lowest BCUT2D eigenvalue weighted by molar-refractivity contribution is 0.0954. The zero-order chi connectivity index (χ0) is 29.5. The minimum Gasteiger partial charge on any atom is -0.497 e. The molecule has 0 spiro atoms. The van der Waals surface area contributed by atoms with Crippen molar-refractivity contribution < 1.29 is 13.9 Å². The molecule has 224 valence electrons. The van der Waals surface area contributed by atoms with Crippen LogP contribution in [0.25, 0.3) is 0 Å². The summed E-state index contributed by atoms with van der Waals surface area (Å²) in [7, 11) is 1.51. The van der Waals surface area contributed by atoms with Gasteiger partial charge in [0.15, 0.2) is 5.96 Å². The number of guanidine groups is 1. The molecule has 0 radical (unpaired) electrons. The highest BCUT2D eigenvalue weighted by Gasteiger charge is 2.35. The molecule has 2 aromatic carbocycles. The highest BCUT2D eigenvalue weighted by molar-refractivity contribution is 5.96. The fraction of sp³-hybridized carbons (Fsp3) is 0.576. The molecule has 1 amide bonds. The van der Waals surface area contributed by atoms with E-state index in [4.69, 9.17) is 9.73 Å². The van der Waals surface area contributed by atoms with E-state index in [0.717, 1.165) is 37.7 Å². The largest absolute Gasteiger partial charge is 0.497 e. The number of carbonyl (C=O) groups is 1. The maximum absolute atomic E-state index is 14.2. The number of hydrogen-bond acceptors (Lipinski definition) is 4. The number of anilines is 1. The third kappa shape index (κ3) is 8.22. The van der Waals surface area contributed by atoms with E-state index in [0.29, 0.717) is 59.6 Å².